The van der Waals surface area contributed by atoms with Gasteiger partial charge in [-0.05, 0) is 0 Å². The van der Waals surface area contributed by atoms with Crippen LogP contribution < -0.4 is 10.7 Å². The van der Waals surface area contributed by atoms with Crippen LogP contribution in [0.15, 0.2) is 131 Å². The third kappa shape index (κ3) is 5.95. The normalized spacial score (nSPS) is 24.1. The number of hydrogen-bond acceptors (Lipinski definition) is 4. The molecular weight excluding hydrogens is 615 g/mol. The van der Waals surface area contributed by atoms with Crippen molar-refractivity contribution in [2.45, 2.75) is 64.2 Å². The summed E-state index contributed by atoms with van der Waals surface area (Å²) in [7, 11) is 0. The SMILES string of the molecule is C/[C](=C/[C@@H]1C[C@@H]2OC(C)(C)O[C@@H]2[C@@H](OCc2ccccc2)O1)[Sn]([c]1ccccc1)([c]1ccccc1)[c]1ccccc1. The molecule has 4 aromatic carbocycles. The Kier molecular flexibility index (Phi) is 8.47. The van der Waals surface area contributed by atoms with Crippen molar-refractivity contribution >= 4 is 29.1 Å². The zero-order valence-electron chi connectivity index (χ0n) is 24.0. The summed E-state index contributed by atoms with van der Waals surface area (Å²) in [6.07, 6.45) is 2.01. The van der Waals surface area contributed by atoms with Gasteiger partial charge in [-0.25, -0.2) is 0 Å². The Morgan fingerprint density at radius 3 is 1.76 bits per heavy atom. The van der Waals surface area contributed by atoms with Gasteiger partial charge in [-0.3, -0.25) is 0 Å². The van der Waals surface area contributed by atoms with Gasteiger partial charge in [-0.15, -0.1) is 0 Å². The van der Waals surface area contributed by atoms with Gasteiger partial charge in [0.1, 0.15) is 0 Å². The molecule has 0 bridgehead atoms. The molecule has 0 aromatic heterocycles. The van der Waals surface area contributed by atoms with E-state index < -0.39 is 30.5 Å². The summed E-state index contributed by atoms with van der Waals surface area (Å²) in [6.45, 7) is 6.71. The molecule has 0 saturated carbocycles. The summed E-state index contributed by atoms with van der Waals surface area (Å²) < 4.78 is 31.4. The van der Waals surface area contributed by atoms with Gasteiger partial charge in [0.2, 0.25) is 0 Å². The molecule has 4 nitrogen and oxygen atoms in total. The topological polar surface area (TPSA) is 36.9 Å². The number of allylic oxidation sites excluding steroid dienone is 1. The molecule has 5 heteroatoms. The fourth-order valence-corrected chi connectivity index (χ4v) is 20.4. The molecule has 2 saturated heterocycles. The molecule has 0 amide bonds. The predicted molar refractivity (Wildman–Crippen MR) is 166 cm³/mol. The minimum absolute atomic E-state index is 0.108. The fourth-order valence-electron chi connectivity index (χ4n) is 6.46. The molecule has 4 atom stereocenters. The second-order valence-corrected chi connectivity index (χ2v) is 22.9. The number of rotatable bonds is 8. The minimum atomic E-state index is -3.67. The van der Waals surface area contributed by atoms with Crippen LogP contribution in [0.1, 0.15) is 32.8 Å². The van der Waals surface area contributed by atoms with Crippen molar-refractivity contribution in [1.82, 2.24) is 0 Å². The van der Waals surface area contributed by atoms with Gasteiger partial charge in [-0.1, -0.05) is 0 Å². The van der Waals surface area contributed by atoms with Crippen LogP contribution in [0, 0.1) is 0 Å². The van der Waals surface area contributed by atoms with Crippen LogP contribution in [0.3, 0.4) is 0 Å². The van der Waals surface area contributed by atoms with Crippen LogP contribution >= 0.6 is 0 Å². The van der Waals surface area contributed by atoms with Crippen LogP contribution in [0.25, 0.3) is 0 Å². The average Bonchev–Trinajstić information content (AvgIpc) is 3.32. The Hall–Kier alpha value is -2.74. The molecule has 2 heterocycles. The molecule has 210 valence electrons. The van der Waals surface area contributed by atoms with E-state index in [0.29, 0.717) is 6.61 Å². The number of hydrogen-bond donors (Lipinski definition) is 0. The van der Waals surface area contributed by atoms with E-state index in [1.54, 1.807) is 0 Å². The standard InChI is InChI=1S/C18H23O4.3C6H5.Sn/c1-4-8-14-11-15-16(22-18(2,3)21-15)17(20-14)19-12-13-9-6-5-7-10-13;3*1-2-4-6-5-3-1;/h5-10,14-17H,11-12H2,1-3H3;3*1-5H;/t14-,15+,16+,17+;;;;/m1..../s1. The van der Waals surface area contributed by atoms with E-state index in [2.05, 4.69) is 116 Å². The number of ether oxygens (including phenoxy) is 4. The Labute approximate surface area is 247 Å². The van der Waals surface area contributed by atoms with E-state index in [1.165, 1.54) is 14.3 Å². The molecule has 0 unspecified atom stereocenters. The van der Waals surface area contributed by atoms with Crippen LogP contribution in [0.5, 0.6) is 0 Å². The van der Waals surface area contributed by atoms with Gasteiger partial charge in [-0.2, -0.15) is 0 Å². The predicted octanol–water partition coefficient (Wildman–Crippen LogP) is 5.49. The van der Waals surface area contributed by atoms with Crippen LogP contribution in [0.2, 0.25) is 0 Å². The van der Waals surface area contributed by atoms with E-state index >= 15 is 0 Å². The quantitative estimate of drug-likeness (QED) is 0.236. The van der Waals surface area contributed by atoms with Gasteiger partial charge >= 0.3 is 249 Å². The maximum atomic E-state index is 6.72. The Morgan fingerprint density at radius 1 is 0.756 bits per heavy atom. The van der Waals surface area contributed by atoms with Crippen molar-refractivity contribution in [3.63, 3.8) is 0 Å². The summed E-state index contributed by atoms with van der Waals surface area (Å²) in [4.78, 5) is 0. The van der Waals surface area contributed by atoms with Gasteiger partial charge < -0.3 is 0 Å². The van der Waals surface area contributed by atoms with Crippen molar-refractivity contribution in [3.8, 4) is 0 Å². The summed E-state index contributed by atoms with van der Waals surface area (Å²) >= 11 is -3.67. The average molecular weight is 653 g/mol. The molecule has 0 aliphatic carbocycles. The first kappa shape index (κ1) is 28.4. The first-order valence-electron chi connectivity index (χ1n) is 14.5. The Morgan fingerprint density at radius 2 is 1.24 bits per heavy atom. The summed E-state index contributed by atoms with van der Waals surface area (Å²) in [5, 5.41) is 0. The number of benzene rings is 4. The molecule has 2 aliphatic rings. The zero-order valence-corrected chi connectivity index (χ0v) is 26.8. The third-order valence-corrected chi connectivity index (χ3v) is 22.3. The molecule has 6 rings (SSSR count). The second kappa shape index (κ2) is 12.2. The molecule has 41 heavy (non-hydrogen) atoms. The van der Waals surface area contributed by atoms with Crippen molar-refractivity contribution in [3.05, 3.63) is 137 Å². The molecule has 0 N–H and O–H groups in total. The number of fused-ring (bicyclic) bond motifs is 1. The summed E-state index contributed by atoms with van der Waals surface area (Å²) in [6, 6.07) is 43.4. The third-order valence-electron chi connectivity index (χ3n) is 8.17. The Bertz CT molecular complexity index is 1340. The van der Waals surface area contributed by atoms with Gasteiger partial charge in [0.05, 0.1) is 0 Å². The van der Waals surface area contributed by atoms with Gasteiger partial charge in [0, 0.05) is 0 Å². The summed E-state index contributed by atoms with van der Waals surface area (Å²) in [5.41, 5.74) is 1.10. The van der Waals surface area contributed by atoms with E-state index in [-0.39, 0.29) is 18.3 Å². The fraction of sp³-hybridized carbons (Fsp3) is 0.278. The van der Waals surface area contributed by atoms with Crippen LogP contribution in [0.4, 0.5) is 0 Å². The molecule has 0 radical (unpaired) electrons. The van der Waals surface area contributed by atoms with Crippen LogP contribution in [-0.4, -0.2) is 48.8 Å². The summed E-state index contributed by atoms with van der Waals surface area (Å²) in [5.74, 6) is -0.679. The van der Waals surface area contributed by atoms with E-state index in [1.807, 2.05) is 32.0 Å². The van der Waals surface area contributed by atoms with Crippen molar-refractivity contribution in [2.24, 2.45) is 0 Å². The van der Waals surface area contributed by atoms with Crippen molar-refractivity contribution < 1.29 is 18.9 Å². The zero-order chi connectivity index (χ0) is 28.3. The monoisotopic (exact) mass is 654 g/mol. The maximum absolute atomic E-state index is 6.72. The van der Waals surface area contributed by atoms with Crippen LogP contribution in [-0.2, 0) is 25.6 Å². The Balaban J connectivity index is 1.40. The van der Waals surface area contributed by atoms with Gasteiger partial charge in [0.25, 0.3) is 0 Å². The van der Waals surface area contributed by atoms with E-state index in [4.69, 9.17) is 18.9 Å². The van der Waals surface area contributed by atoms with Crippen molar-refractivity contribution in [2.75, 3.05) is 0 Å². The molecule has 0 spiro atoms. The van der Waals surface area contributed by atoms with Gasteiger partial charge in [0.15, 0.2) is 0 Å². The molecule has 2 aliphatic heterocycles. The van der Waals surface area contributed by atoms with E-state index in [9.17, 15) is 0 Å². The van der Waals surface area contributed by atoms with Crippen molar-refractivity contribution in [1.29, 1.82) is 0 Å². The first-order valence-corrected chi connectivity index (χ1v) is 20.2. The molecular formula is C36H38O4Sn. The van der Waals surface area contributed by atoms with E-state index in [0.717, 1.165) is 12.0 Å². The molecule has 2 fully saturated rings. The second-order valence-electron chi connectivity index (χ2n) is 11.4. The molecule has 4 aromatic rings. The first-order chi connectivity index (χ1) is 20.0.